The van der Waals surface area contributed by atoms with Gasteiger partial charge in [0.2, 0.25) is 0 Å². The quantitative estimate of drug-likeness (QED) is 0.514. The fraction of sp³-hybridized carbons (Fsp3) is 0.429. The van der Waals surface area contributed by atoms with Crippen molar-refractivity contribution in [1.82, 2.24) is 0 Å². The van der Waals surface area contributed by atoms with Gasteiger partial charge in [0.15, 0.2) is 0 Å². The van der Waals surface area contributed by atoms with E-state index in [1.165, 1.54) is 0 Å². The Morgan fingerprint density at radius 1 is 1.11 bits per heavy atom. The normalized spacial score (nSPS) is 11.9. The zero-order valence-electron chi connectivity index (χ0n) is 10.8. The molecule has 0 nitrogen and oxygen atoms in total. The second kappa shape index (κ2) is 5.27. The van der Waals surface area contributed by atoms with E-state index in [1.807, 2.05) is 26.8 Å². The van der Waals surface area contributed by atoms with E-state index in [2.05, 4.69) is 11.8 Å². The Balaban J connectivity index is 3.27. The minimum absolute atomic E-state index is 0.105. The molecule has 0 saturated carbocycles. The molecule has 0 atom stereocenters. The topological polar surface area (TPSA) is 0 Å². The summed E-state index contributed by atoms with van der Waals surface area (Å²) >= 11 is -0.105. The van der Waals surface area contributed by atoms with Gasteiger partial charge in [-0.15, -0.1) is 5.92 Å². The van der Waals surface area contributed by atoms with Crippen LogP contribution < -0.4 is 0 Å². The van der Waals surface area contributed by atoms with Crippen LogP contribution in [0.1, 0.15) is 38.8 Å². The number of thioether (sulfide) groups is 1. The van der Waals surface area contributed by atoms with Crippen molar-refractivity contribution in [3.63, 3.8) is 0 Å². The van der Waals surface area contributed by atoms with Gasteiger partial charge in [-0.05, 0) is 41.8 Å². The first-order chi connectivity index (χ1) is 8.13. The van der Waals surface area contributed by atoms with Crippen LogP contribution in [-0.4, -0.2) is 5.51 Å². The van der Waals surface area contributed by atoms with Crippen molar-refractivity contribution in [1.29, 1.82) is 0 Å². The SMILES string of the molecule is CC#Cc1ccc(C(C)(C)C)cc1SC(F)(F)F. The lowest BCUT2D eigenvalue weighted by Gasteiger charge is -2.20. The van der Waals surface area contributed by atoms with Crippen LogP contribution in [0.2, 0.25) is 0 Å². The molecule has 1 aromatic rings. The molecule has 0 unspecified atom stereocenters. The van der Waals surface area contributed by atoms with Crippen LogP contribution in [0, 0.1) is 11.8 Å². The first-order valence-electron chi connectivity index (χ1n) is 5.46. The Labute approximate surface area is 110 Å². The largest absolute Gasteiger partial charge is 0.446 e. The van der Waals surface area contributed by atoms with Crippen LogP contribution in [-0.2, 0) is 5.41 Å². The van der Waals surface area contributed by atoms with Crippen molar-refractivity contribution in [2.45, 2.75) is 43.5 Å². The zero-order chi connectivity index (χ0) is 14.0. The molecule has 98 valence electrons. The van der Waals surface area contributed by atoms with Crippen molar-refractivity contribution in [2.24, 2.45) is 0 Å². The van der Waals surface area contributed by atoms with Crippen molar-refractivity contribution < 1.29 is 13.2 Å². The summed E-state index contributed by atoms with van der Waals surface area (Å²) in [5, 5.41) is 0. The average molecular weight is 272 g/mol. The van der Waals surface area contributed by atoms with Gasteiger partial charge in [-0.3, -0.25) is 0 Å². The Morgan fingerprint density at radius 2 is 1.72 bits per heavy atom. The molecule has 0 saturated heterocycles. The lowest BCUT2D eigenvalue weighted by atomic mass is 9.87. The zero-order valence-corrected chi connectivity index (χ0v) is 11.6. The van der Waals surface area contributed by atoms with Gasteiger partial charge in [0.05, 0.1) is 0 Å². The van der Waals surface area contributed by atoms with Gasteiger partial charge in [0.1, 0.15) is 0 Å². The Morgan fingerprint density at radius 3 is 2.17 bits per heavy atom. The molecule has 0 aliphatic heterocycles. The first-order valence-corrected chi connectivity index (χ1v) is 6.28. The fourth-order valence-corrected chi connectivity index (χ4v) is 2.10. The molecule has 0 aromatic heterocycles. The fourth-order valence-electron chi connectivity index (χ4n) is 1.44. The van der Waals surface area contributed by atoms with Crippen LogP contribution in [0.15, 0.2) is 23.1 Å². The number of hydrogen-bond acceptors (Lipinski definition) is 1. The summed E-state index contributed by atoms with van der Waals surface area (Å²) in [4.78, 5) is 0.171. The summed E-state index contributed by atoms with van der Waals surface area (Å²) in [7, 11) is 0. The molecule has 0 bridgehead atoms. The van der Waals surface area contributed by atoms with E-state index in [9.17, 15) is 13.2 Å². The highest BCUT2D eigenvalue weighted by atomic mass is 32.2. The first kappa shape index (κ1) is 15.0. The van der Waals surface area contributed by atoms with Crippen molar-refractivity contribution >= 4 is 11.8 Å². The summed E-state index contributed by atoms with van der Waals surface area (Å²) in [6.45, 7) is 7.51. The molecule has 0 aliphatic rings. The summed E-state index contributed by atoms with van der Waals surface area (Å²) in [5.74, 6) is 5.34. The maximum Gasteiger partial charge on any atom is 0.446 e. The molecule has 1 rings (SSSR count). The van der Waals surface area contributed by atoms with Gasteiger partial charge in [-0.25, -0.2) is 0 Å². The Kier molecular flexibility index (Phi) is 4.39. The van der Waals surface area contributed by atoms with E-state index in [0.29, 0.717) is 5.56 Å². The van der Waals surface area contributed by atoms with E-state index in [0.717, 1.165) is 5.56 Å². The number of benzene rings is 1. The third kappa shape index (κ3) is 4.30. The lowest BCUT2D eigenvalue weighted by molar-refractivity contribution is -0.0328. The smallest absolute Gasteiger partial charge is 0.160 e. The highest BCUT2D eigenvalue weighted by Gasteiger charge is 2.31. The van der Waals surface area contributed by atoms with Gasteiger partial charge in [0, 0.05) is 10.5 Å². The molecule has 0 spiro atoms. The molecule has 0 fully saturated rings. The van der Waals surface area contributed by atoms with Crippen molar-refractivity contribution in [3.05, 3.63) is 29.3 Å². The summed E-state index contributed by atoms with van der Waals surface area (Å²) in [5.41, 5.74) is -3.18. The number of alkyl halides is 3. The molecule has 1 aromatic carbocycles. The van der Waals surface area contributed by atoms with Crippen LogP contribution in [0.3, 0.4) is 0 Å². The molecule has 4 heteroatoms. The van der Waals surface area contributed by atoms with Gasteiger partial charge in [0.25, 0.3) is 0 Å². The molecular weight excluding hydrogens is 257 g/mol. The van der Waals surface area contributed by atoms with Crippen LogP contribution in [0.5, 0.6) is 0 Å². The monoisotopic (exact) mass is 272 g/mol. The van der Waals surface area contributed by atoms with E-state index in [4.69, 9.17) is 0 Å². The second-order valence-corrected chi connectivity index (χ2v) is 5.99. The highest BCUT2D eigenvalue weighted by Crippen LogP contribution is 2.40. The lowest BCUT2D eigenvalue weighted by Crippen LogP contribution is -2.11. The molecule has 0 radical (unpaired) electrons. The Hall–Kier alpha value is -1.08. The minimum Gasteiger partial charge on any atom is -0.160 e. The standard InChI is InChI=1S/C14H15F3S/c1-5-6-10-7-8-11(13(2,3)4)9-12(10)18-14(15,16)17/h7-9H,1-4H3. The number of rotatable bonds is 1. The molecular formula is C14H15F3S. The summed E-state index contributed by atoms with van der Waals surface area (Å²) < 4.78 is 37.5. The molecule has 0 heterocycles. The number of halogens is 3. The summed E-state index contributed by atoms with van der Waals surface area (Å²) in [6.07, 6.45) is 0. The predicted molar refractivity (Wildman–Crippen MR) is 69.6 cm³/mol. The molecule has 0 amide bonds. The van der Waals surface area contributed by atoms with Gasteiger partial charge >= 0.3 is 5.51 Å². The number of hydrogen-bond donors (Lipinski definition) is 0. The minimum atomic E-state index is -4.29. The molecule has 0 N–H and O–H groups in total. The van der Waals surface area contributed by atoms with E-state index in [-0.39, 0.29) is 22.1 Å². The maximum absolute atomic E-state index is 12.5. The van der Waals surface area contributed by atoms with Crippen molar-refractivity contribution in [3.8, 4) is 11.8 Å². The van der Waals surface area contributed by atoms with E-state index < -0.39 is 5.51 Å². The van der Waals surface area contributed by atoms with Crippen LogP contribution in [0.25, 0.3) is 0 Å². The highest BCUT2D eigenvalue weighted by molar-refractivity contribution is 8.00. The molecule has 0 aliphatic carbocycles. The average Bonchev–Trinajstić information content (AvgIpc) is 2.17. The second-order valence-electron chi connectivity index (χ2n) is 4.88. The predicted octanol–water partition coefficient (Wildman–Crippen LogP) is 4.97. The van der Waals surface area contributed by atoms with Gasteiger partial charge in [-0.1, -0.05) is 32.8 Å². The van der Waals surface area contributed by atoms with E-state index in [1.54, 1.807) is 19.1 Å². The Bertz CT molecular complexity index is 484. The third-order valence-corrected chi connectivity index (χ3v) is 3.12. The maximum atomic E-state index is 12.5. The van der Waals surface area contributed by atoms with Crippen LogP contribution in [0.4, 0.5) is 13.2 Å². The van der Waals surface area contributed by atoms with Gasteiger partial charge < -0.3 is 0 Å². The van der Waals surface area contributed by atoms with E-state index >= 15 is 0 Å². The molecule has 18 heavy (non-hydrogen) atoms. The van der Waals surface area contributed by atoms with Crippen LogP contribution >= 0.6 is 11.8 Å². The van der Waals surface area contributed by atoms with Gasteiger partial charge in [-0.2, -0.15) is 13.2 Å². The summed E-state index contributed by atoms with van der Waals surface area (Å²) in [6, 6.07) is 5.07. The van der Waals surface area contributed by atoms with Crippen molar-refractivity contribution in [2.75, 3.05) is 0 Å². The third-order valence-electron chi connectivity index (χ3n) is 2.33.